The Bertz CT molecular complexity index is 925. The monoisotopic (exact) mass is 429 g/mol. The maximum absolute atomic E-state index is 12.5. The second-order valence-electron chi connectivity index (χ2n) is 5.68. The van der Waals surface area contributed by atoms with Crippen LogP contribution in [0.15, 0.2) is 58.7 Å². The lowest BCUT2D eigenvalue weighted by atomic mass is 10.2. The first kappa shape index (κ1) is 18.7. The van der Waals surface area contributed by atoms with Crippen molar-refractivity contribution in [2.24, 2.45) is 0 Å². The summed E-state index contributed by atoms with van der Waals surface area (Å²) in [5.74, 6) is -0.579. The summed E-state index contributed by atoms with van der Waals surface area (Å²) in [5.41, 5.74) is 1.33. The first-order valence-corrected chi connectivity index (χ1v) is 8.80. The number of methoxy groups -OCH3 is 1. The van der Waals surface area contributed by atoms with Crippen molar-refractivity contribution in [2.45, 2.75) is 0 Å². The molecular formula is C19H16BrN3O4. The molecule has 0 spiro atoms. The van der Waals surface area contributed by atoms with Crippen LogP contribution in [0.4, 0.5) is 10.5 Å². The highest BCUT2D eigenvalue weighted by molar-refractivity contribution is 9.10. The lowest BCUT2D eigenvalue weighted by Gasteiger charge is -2.13. The number of urea groups is 1. The summed E-state index contributed by atoms with van der Waals surface area (Å²) in [7, 11) is 1.49. The van der Waals surface area contributed by atoms with Crippen LogP contribution >= 0.6 is 15.9 Å². The van der Waals surface area contributed by atoms with Crippen LogP contribution in [0.1, 0.15) is 5.56 Å². The van der Waals surface area contributed by atoms with E-state index in [1.54, 1.807) is 42.5 Å². The molecular weight excluding hydrogens is 414 g/mol. The number of para-hydroxylation sites is 2. The minimum Gasteiger partial charge on any atom is -0.495 e. The first-order chi connectivity index (χ1) is 13.0. The van der Waals surface area contributed by atoms with Crippen LogP contribution in [0.3, 0.4) is 0 Å². The fourth-order valence-electron chi connectivity index (χ4n) is 2.52. The molecule has 138 valence electrons. The van der Waals surface area contributed by atoms with Crippen molar-refractivity contribution in [3.05, 3.63) is 64.3 Å². The molecule has 1 aliphatic heterocycles. The van der Waals surface area contributed by atoms with Crippen LogP contribution < -0.4 is 15.4 Å². The second-order valence-corrected chi connectivity index (χ2v) is 6.60. The number of carbonyl (C=O) groups is 3. The van der Waals surface area contributed by atoms with E-state index in [1.807, 2.05) is 12.1 Å². The zero-order chi connectivity index (χ0) is 19.4. The number of nitrogens with one attached hydrogen (secondary N) is 2. The predicted octanol–water partition coefficient (Wildman–Crippen LogP) is 2.99. The Morgan fingerprint density at radius 3 is 2.59 bits per heavy atom. The number of benzene rings is 2. The van der Waals surface area contributed by atoms with Gasteiger partial charge in [0.2, 0.25) is 5.91 Å². The molecule has 1 heterocycles. The molecule has 0 radical (unpaired) electrons. The molecule has 0 aromatic heterocycles. The number of carbonyl (C=O) groups excluding carboxylic acids is 3. The van der Waals surface area contributed by atoms with Crippen LogP contribution in [-0.4, -0.2) is 36.4 Å². The average Bonchev–Trinajstić information content (AvgIpc) is 2.91. The predicted molar refractivity (Wildman–Crippen MR) is 104 cm³/mol. The molecule has 0 saturated carbocycles. The number of imide groups is 1. The number of hydrogen-bond donors (Lipinski definition) is 2. The van der Waals surface area contributed by atoms with Crippen molar-refractivity contribution in [1.29, 1.82) is 0 Å². The van der Waals surface area contributed by atoms with Crippen molar-refractivity contribution in [2.75, 3.05) is 19.0 Å². The topological polar surface area (TPSA) is 87.7 Å². The Balaban J connectivity index is 1.70. The number of halogens is 1. The SMILES string of the molecule is COc1ccccc1NC(=O)CN1C(=O)N/C(=C/c2ccc(Br)cc2)C1=O. The number of amides is 4. The summed E-state index contributed by atoms with van der Waals surface area (Å²) >= 11 is 3.33. The summed E-state index contributed by atoms with van der Waals surface area (Å²) < 4.78 is 6.07. The Morgan fingerprint density at radius 1 is 1.19 bits per heavy atom. The molecule has 0 bridgehead atoms. The molecule has 8 heteroatoms. The summed E-state index contributed by atoms with van der Waals surface area (Å²) in [6.07, 6.45) is 1.56. The van der Waals surface area contributed by atoms with Gasteiger partial charge in [-0.15, -0.1) is 0 Å². The van der Waals surface area contributed by atoms with Crippen LogP contribution in [0.2, 0.25) is 0 Å². The normalized spacial score (nSPS) is 15.0. The third kappa shape index (κ3) is 4.35. The number of ether oxygens (including phenoxy) is 1. The number of nitrogens with zero attached hydrogens (tertiary/aromatic N) is 1. The van der Waals surface area contributed by atoms with E-state index in [4.69, 9.17) is 4.74 Å². The fraction of sp³-hybridized carbons (Fsp3) is 0.105. The standard InChI is InChI=1S/C19H16BrN3O4/c1-27-16-5-3-2-4-14(16)21-17(24)11-23-18(25)15(22-19(23)26)10-12-6-8-13(20)9-7-12/h2-10H,11H2,1H3,(H,21,24)(H,22,26)/b15-10+. The summed E-state index contributed by atoms with van der Waals surface area (Å²) in [4.78, 5) is 37.7. The molecule has 0 aliphatic carbocycles. The maximum Gasteiger partial charge on any atom is 0.329 e. The molecule has 2 aromatic rings. The third-order valence-corrected chi connectivity index (χ3v) is 4.35. The Labute approximate surface area is 164 Å². The minimum absolute atomic E-state index is 0.118. The molecule has 2 aromatic carbocycles. The van der Waals surface area contributed by atoms with Gasteiger partial charge in [0.1, 0.15) is 18.0 Å². The zero-order valence-electron chi connectivity index (χ0n) is 14.4. The zero-order valence-corrected chi connectivity index (χ0v) is 15.9. The number of anilines is 1. The first-order valence-electron chi connectivity index (χ1n) is 8.01. The third-order valence-electron chi connectivity index (χ3n) is 3.83. The maximum atomic E-state index is 12.5. The van der Waals surface area contributed by atoms with Crippen LogP contribution in [0, 0.1) is 0 Å². The molecule has 2 N–H and O–H groups in total. The Kier molecular flexibility index (Phi) is 5.56. The van der Waals surface area contributed by atoms with Gasteiger partial charge in [-0.2, -0.15) is 0 Å². The summed E-state index contributed by atoms with van der Waals surface area (Å²) in [6, 6.07) is 13.5. The molecule has 4 amide bonds. The molecule has 0 atom stereocenters. The van der Waals surface area contributed by atoms with E-state index in [-0.39, 0.29) is 5.70 Å². The highest BCUT2D eigenvalue weighted by atomic mass is 79.9. The molecule has 7 nitrogen and oxygen atoms in total. The van der Waals surface area contributed by atoms with Gasteiger partial charge < -0.3 is 15.4 Å². The average molecular weight is 430 g/mol. The van der Waals surface area contributed by atoms with Crippen molar-refractivity contribution >= 4 is 45.5 Å². The lowest BCUT2D eigenvalue weighted by molar-refractivity contribution is -0.127. The van der Waals surface area contributed by atoms with Crippen LogP contribution in [0.25, 0.3) is 6.08 Å². The van der Waals surface area contributed by atoms with Gasteiger partial charge >= 0.3 is 6.03 Å². The quantitative estimate of drug-likeness (QED) is 0.564. The Hall–Kier alpha value is -3.13. The Morgan fingerprint density at radius 2 is 1.89 bits per heavy atom. The smallest absolute Gasteiger partial charge is 0.329 e. The molecule has 1 fully saturated rings. The van der Waals surface area contributed by atoms with E-state index < -0.39 is 24.4 Å². The minimum atomic E-state index is -0.640. The van der Waals surface area contributed by atoms with Gasteiger partial charge in [-0.1, -0.05) is 40.2 Å². The lowest BCUT2D eigenvalue weighted by Crippen LogP contribution is -2.38. The van der Waals surface area contributed by atoms with E-state index in [1.165, 1.54) is 7.11 Å². The number of hydrogen-bond acceptors (Lipinski definition) is 4. The molecule has 0 unspecified atom stereocenters. The highest BCUT2D eigenvalue weighted by Crippen LogP contribution is 2.23. The summed E-state index contributed by atoms with van der Waals surface area (Å²) in [5, 5.41) is 5.13. The van der Waals surface area contributed by atoms with Crippen molar-refractivity contribution in [3.8, 4) is 5.75 Å². The van der Waals surface area contributed by atoms with Crippen molar-refractivity contribution < 1.29 is 19.1 Å². The molecule has 1 aliphatic rings. The fourth-order valence-corrected chi connectivity index (χ4v) is 2.79. The molecule has 3 rings (SSSR count). The van der Waals surface area contributed by atoms with E-state index in [0.29, 0.717) is 11.4 Å². The van der Waals surface area contributed by atoms with E-state index >= 15 is 0 Å². The number of rotatable bonds is 5. The highest BCUT2D eigenvalue weighted by Gasteiger charge is 2.35. The van der Waals surface area contributed by atoms with Gasteiger partial charge in [-0.25, -0.2) is 9.69 Å². The van der Waals surface area contributed by atoms with E-state index in [2.05, 4.69) is 26.6 Å². The molecule has 1 saturated heterocycles. The van der Waals surface area contributed by atoms with E-state index in [9.17, 15) is 14.4 Å². The van der Waals surface area contributed by atoms with Crippen LogP contribution in [-0.2, 0) is 9.59 Å². The summed E-state index contributed by atoms with van der Waals surface area (Å²) in [6.45, 7) is -0.402. The largest absolute Gasteiger partial charge is 0.495 e. The van der Waals surface area contributed by atoms with Crippen molar-refractivity contribution in [1.82, 2.24) is 10.2 Å². The second kappa shape index (κ2) is 8.05. The molecule has 27 heavy (non-hydrogen) atoms. The van der Waals surface area contributed by atoms with Gasteiger partial charge in [0.05, 0.1) is 12.8 Å². The van der Waals surface area contributed by atoms with Gasteiger partial charge in [0, 0.05) is 4.47 Å². The van der Waals surface area contributed by atoms with Gasteiger partial charge in [0.15, 0.2) is 0 Å². The van der Waals surface area contributed by atoms with E-state index in [0.717, 1.165) is 14.9 Å². The van der Waals surface area contributed by atoms with Gasteiger partial charge in [0.25, 0.3) is 5.91 Å². The van der Waals surface area contributed by atoms with Crippen LogP contribution in [0.5, 0.6) is 5.75 Å². The van der Waals surface area contributed by atoms with Gasteiger partial charge in [-0.3, -0.25) is 9.59 Å². The van der Waals surface area contributed by atoms with Crippen molar-refractivity contribution in [3.63, 3.8) is 0 Å². The van der Waals surface area contributed by atoms with Gasteiger partial charge in [-0.05, 0) is 35.9 Å².